The molecule has 2 nitrogen and oxygen atoms in total. The highest BCUT2D eigenvalue weighted by atomic mass is 19.1. The molecular formula is C18H19FO2. The first-order valence-corrected chi connectivity index (χ1v) is 7.02. The maximum absolute atomic E-state index is 13.0. The van der Waals surface area contributed by atoms with Crippen molar-refractivity contribution in [3.05, 3.63) is 59.7 Å². The van der Waals surface area contributed by atoms with Gasteiger partial charge in [-0.15, -0.1) is 0 Å². The van der Waals surface area contributed by atoms with Crippen molar-refractivity contribution in [1.82, 2.24) is 0 Å². The first-order chi connectivity index (χ1) is 10.2. The van der Waals surface area contributed by atoms with Gasteiger partial charge >= 0.3 is 0 Å². The molecule has 21 heavy (non-hydrogen) atoms. The Bertz CT molecular complexity index is 613. The number of phenols is 2. The van der Waals surface area contributed by atoms with E-state index in [1.54, 1.807) is 36.4 Å². The van der Waals surface area contributed by atoms with Gasteiger partial charge in [-0.25, -0.2) is 0 Å². The van der Waals surface area contributed by atoms with Crippen molar-refractivity contribution in [2.75, 3.05) is 6.67 Å². The molecule has 110 valence electrons. The Labute approximate surface area is 124 Å². The maximum atomic E-state index is 13.0. The quantitative estimate of drug-likeness (QED) is 0.777. The van der Waals surface area contributed by atoms with Crippen LogP contribution < -0.4 is 0 Å². The van der Waals surface area contributed by atoms with Gasteiger partial charge in [0.1, 0.15) is 11.5 Å². The zero-order valence-corrected chi connectivity index (χ0v) is 12.0. The molecule has 0 aromatic heterocycles. The molecule has 2 N–H and O–H groups in total. The summed E-state index contributed by atoms with van der Waals surface area (Å²) in [5.74, 6) is 0.409. The first kappa shape index (κ1) is 15.1. The molecule has 2 aromatic rings. The number of aromatic hydroxyl groups is 2. The third-order valence-corrected chi connectivity index (χ3v) is 3.49. The Balaban J connectivity index is 2.53. The molecule has 0 fully saturated rings. The zero-order valence-electron chi connectivity index (χ0n) is 12.0. The topological polar surface area (TPSA) is 40.5 Å². The van der Waals surface area contributed by atoms with Crippen molar-refractivity contribution in [1.29, 1.82) is 0 Å². The van der Waals surface area contributed by atoms with Crippen molar-refractivity contribution < 1.29 is 14.6 Å². The second kappa shape index (κ2) is 6.93. The van der Waals surface area contributed by atoms with Crippen LogP contribution in [0.15, 0.2) is 48.5 Å². The summed E-state index contributed by atoms with van der Waals surface area (Å²) >= 11 is 0. The molecule has 0 aliphatic rings. The van der Waals surface area contributed by atoms with Crippen LogP contribution in [0.5, 0.6) is 11.5 Å². The Hall–Kier alpha value is -2.29. The highest BCUT2D eigenvalue weighted by Gasteiger charge is 2.10. The fourth-order valence-electron chi connectivity index (χ4n) is 2.48. The van der Waals surface area contributed by atoms with Crippen molar-refractivity contribution in [3.63, 3.8) is 0 Å². The Morgan fingerprint density at radius 2 is 1.24 bits per heavy atom. The van der Waals surface area contributed by atoms with Crippen LogP contribution >= 0.6 is 0 Å². The summed E-state index contributed by atoms with van der Waals surface area (Å²) in [6.07, 6.45) is 1.09. The highest BCUT2D eigenvalue weighted by Crippen LogP contribution is 2.32. The number of hydrogen-bond acceptors (Lipinski definition) is 2. The van der Waals surface area contributed by atoms with E-state index < -0.39 is 6.67 Å². The van der Waals surface area contributed by atoms with E-state index in [9.17, 15) is 14.6 Å². The number of alkyl halides is 1. The highest BCUT2D eigenvalue weighted by molar-refractivity contribution is 5.91. The molecule has 0 saturated carbocycles. The van der Waals surface area contributed by atoms with Gasteiger partial charge in [0, 0.05) is 6.42 Å². The Morgan fingerprint density at radius 1 is 0.810 bits per heavy atom. The average Bonchev–Trinajstić information content (AvgIpc) is 2.50. The van der Waals surface area contributed by atoms with Gasteiger partial charge < -0.3 is 10.2 Å². The summed E-state index contributed by atoms with van der Waals surface area (Å²) in [4.78, 5) is 0. The van der Waals surface area contributed by atoms with Crippen molar-refractivity contribution in [2.45, 2.75) is 19.8 Å². The monoisotopic (exact) mass is 286 g/mol. The SMILES string of the molecule is CC/C(=C(/CCF)c1ccc(O)cc1)c1ccc(O)cc1. The molecule has 0 bridgehead atoms. The van der Waals surface area contributed by atoms with E-state index in [1.807, 2.05) is 19.1 Å². The minimum atomic E-state index is -0.433. The molecule has 0 heterocycles. The van der Waals surface area contributed by atoms with Crippen molar-refractivity contribution in [3.8, 4) is 11.5 Å². The number of allylic oxidation sites excluding steroid dienone is 2. The van der Waals surface area contributed by atoms with E-state index >= 15 is 0 Å². The molecule has 0 spiro atoms. The molecule has 0 radical (unpaired) electrons. The van der Waals surface area contributed by atoms with Crippen LogP contribution in [0.2, 0.25) is 0 Å². The predicted molar refractivity (Wildman–Crippen MR) is 83.9 cm³/mol. The van der Waals surface area contributed by atoms with E-state index in [4.69, 9.17) is 0 Å². The van der Waals surface area contributed by atoms with Gasteiger partial charge in [-0.1, -0.05) is 31.2 Å². The van der Waals surface area contributed by atoms with Gasteiger partial charge in [0.2, 0.25) is 0 Å². The van der Waals surface area contributed by atoms with Crippen molar-refractivity contribution >= 4 is 11.1 Å². The maximum Gasteiger partial charge on any atom is 0.115 e. The lowest BCUT2D eigenvalue weighted by Gasteiger charge is -2.14. The second-order valence-corrected chi connectivity index (χ2v) is 4.84. The molecule has 3 heteroatoms. The van der Waals surface area contributed by atoms with Gasteiger partial charge in [0.25, 0.3) is 0 Å². The van der Waals surface area contributed by atoms with E-state index in [0.717, 1.165) is 28.7 Å². The molecular weight excluding hydrogens is 267 g/mol. The number of halogens is 1. The molecule has 0 unspecified atom stereocenters. The average molecular weight is 286 g/mol. The third kappa shape index (κ3) is 3.63. The number of rotatable bonds is 5. The smallest absolute Gasteiger partial charge is 0.115 e. The van der Waals surface area contributed by atoms with Gasteiger partial charge in [-0.2, -0.15) is 0 Å². The largest absolute Gasteiger partial charge is 0.508 e. The number of benzene rings is 2. The lowest BCUT2D eigenvalue weighted by molar-refractivity contribution is 0.474. The molecule has 0 saturated heterocycles. The summed E-state index contributed by atoms with van der Waals surface area (Å²) < 4.78 is 13.0. The lowest BCUT2D eigenvalue weighted by Crippen LogP contribution is -1.94. The number of phenolic OH excluding ortho intramolecular Hbond substituents is 2. The molecule has 0 aliphatic carbocycles. The lowest BCUT2D eigenvalue weighted by atomic mass is 9.91. The zero-order chi connectivity index (χ0) is 15.2. The van der Waals surface area contributed by atoms with Gasteiger partial charge in [0.15, 0.2) is 0 Å². The summed E-state index contributed by atoms with van der Waals surface area (Å²) in [5.41, 5.74) is 3.88. The summed E-state index contributed by atoms with van der Waals surface area (Å²) in [6.45, 7) is 1.60. The third-order valence-electron chi connectivity index (χ3n) is 3.49. The number of hydrogen-bond donors (Lipinski definition) is 2. The van der Waals surface area contributed by atoms with Gasteiger partial charge in [0.05, 0.1) is 6.67 Å². The van der Waals surface area contributed by atoms with E-state index in [1.165, 1.54) is 0 Å². The molecule has 0 amide bonds. The van der Waals surface area contributed by atoms with E-state index in [-0.39, 0.29) is 11.5 Å². The second-order valence-electron chi connectivity index (χ2n) is 4.84. The standard InChI is InChI=1S/C18H19FO2/c1-2-17(13-3-7-15(20)8-4-13)18(11-12-19)14-5-9-16(21)10-6-14/h3-10,20-21H,2,11-12H2,1H3/b18-17+. The van der Waals surface area contributed by atoms with Crippen LogP contribution in [0.4, 0.5) is 4.39 Å². The Morgan fingerprint density at radius 3 is 1.62 bits per heavy atom. The van der Waals surface area contributed by atoms with Crippen LogP contribution in [0.3, 0.4) is 0 Å². The van der Waals surface area contributed by atoms with Gasteiger partial charge in [-0.3, -0.25) is 4.39 Å². The van der Waals surface area contributed by atoms with Crippen LogP contribution in [-0.2, 0) is 0 Å². The Kier molecular flexibility index (Phi) is 4.99. The molecule has 0 atom stereocenters. The fraction of sp³-hybridized carbons (Fsp3) is 0.222. The summed E-state index contributed by atoms with van der Waals surface area (Å²) in [7, 11) is 0. The predicted octanol–water partition coefficient (Wildman–Crippen LogP) is 4.78. The van der Waals surface area contributed by atoms with Crippen molar-refractivity contribution in [2.24, 2.45) is 0 Å². The molecule has 2 rings (SSSR count). The molecule has 2 aromatic carbocycles. The minimum absolute atomic E-state index is 0.195. The van der Waals surface area contributed by atoms with Crippen LogP contribution in [0, 0.1) is 0 Å². The first-order valence-electron chi connectivity index (χ1n) is 7.02. The summed E-state index contributed by atoms with van der Waals surface area (Å²) in [6, 6.07) is 13.8. The van der Waals surface area contributed by atoms with Crippen LogP contribution in [-0.4, -0.2) is 16.9 Å². The van der Waals surface area contributed by atoms with Crippen LogP contribution in [0.25, 0.3) is 11.1 Å². The summed E-state index contributed by atoms with van der Waals surface area (Å²) in [5, 5.41) is 18.8. The molecule has 0 aliphatic heterocycles. The van der Waals surface area contributed by atoms with Crippen LogP contribution in [0.1, 0.15) is 30.9 Å². The fourth-order valence-corrected chi connectivity index (χ4v) is 2.48. The minimum Gasteiger partial charge on any atom is -0.508 e. The normalized spacial score (nSPS) is 12.1. The van der Waals surface area contributed by atoms with Gasteiger partial charge in [-0.05, 0) is 53.0 Å². The van der Waals surface area contributed by atoms with E-state index in [0.29, 0.717) is 6.42 Å². The van der Waals surface area contributed by atoms with E-state index in [2.05, 4.69) is 0 Å².